The molecule has 3 nitrogen and oxygen atoms in total. The molecule has 1 heterocycles. The number of nitrogens with one attached hydrogen (secondary N) is 1. The maximum atomic E-state index is 12.4. The minimum atomic E-state index is -3.03. The molecular weight excluding hydrogens is 246 g/mol. The van der Waals surface area contributed by atoms with Crippen molar-refractivity contribution in [2.75, 3.05) is 13.1 Å². The monoisotopic (exact) mass is 267 g/mol. The first kappa shape index (κ1) is 13.6. The van der Waals surface area contributed by atoms with Crippen molar-refractivity contribution in [3.05, 3.63) is 34.4 Å². The molecule has 4 heteroatoms. The Morgan fingerprint density at radius 2 is 1.83 bits per heavy atom. The molecule has 100 valence electrons. The lowest BCUT2D eigenvalue weighted by atomic mass is 10.0. The van der Waals surface area contributed by atoms with E-state index in [-0.39, 0.29) is 11.0 Å². The van der Waals surface area contributed by atoms with E-state index in [1.54, 1.807) is 0 Å². The molecule has 1 aliphatic rings. The van der Waals surface area contributed by atoms with Crippen LogP contribution in [-0.4, -0.2) is 26.8 Å². The maximum Gasteiger partial charge on any atom is 0.158 e. The minimum Gasteiger partial charge on any atom is -0.315 e. The van der Waals surface area contributed by atoms with Crippen LogP contribution in [0.4, 0.5) is 0 Å². The van der Waals surface area contributed by atoms with Crippen LogP contribution < -0.4 is 5.32 Å². The van der Waals surface area contributed by atoms with Crippen molar-refractivity contribution < 1.29 is 8.42 Å². The van der Waals surface area contributed by atoms with E-state index in [0.717, 1.165) is 29.7 Å². The van der Waals surface area contributed by atoms with Gasteiger partial charge in [0.15, 0.2) is 9.84 Å². The highest BCUT2D eigenvalue weighted by Gasteiger charge is 2.29. The summed E-state index contributed by atoms with van der Waals surface area (Å²) < 4.78 is 24.7. The quantitative estimate of drug-likeness (QED) is 0.909. The molecule has 1 aromatic carbocycles. The van der Waals surface area contributed by atoms with Crippen LogP contribution in [0.25, 0.3) is 0 Å². The Balaban J connectivity index is 2.29. The fourth-order valence-corrected chi connectivity index (χ4v) is 4.63. The molecule has 2 rings (SSSR count). The number of aryl methyl sites for hydroxylation is 3. The van der Waals surface area contributed by atoms with Crippen LogP contribution >= 0.6 is 0 Å². The molecule has 1 atom stereocenters. The first-order valence-corrected chi connectivity index (χ1v) is 8.10. The molecule has 1 saturated heterocycles. The topological polar surface area (TPSA) is 46.2 Å². The third kappa shape index (κ3) is 2.75. The zero-order valence-corrected chi connectivity index (χ0v) is 12.1. The molecule has 0 amide bonds. The Bertz CT molecular complexity index is 520. The molecule has 1 N–H and O–H groups in total. The molecule has 1 unspecified atom stereocenters. The fourth-order valence-electron chi connectivity index (χ4n) is 2.69. The van der Waals surface area contributed by atoms with Gasteiger partial charge in [-0.1, -0.05) is 17.7 Å². The van der Waals surface area contributed by atoms with Gasteiger partial charge in [-0.3, -0.25) is 0 Å². The zero-order chi connectivity index (χ0) is 13.3. The Morgan fingerprint density at radius 3 is 2.33 bits per heavy atom. The van der Waals surface area contributed by atoms with Crippen molar-refractivity contribution in [2.45, 2.75) is 38.2 Å². The van der Waals surface area contributed by atoms with Crippen molar-refractivity contribution in [2.24, 2.45) is 0 Å². The van der Waals surface area contributed by atoms with E-state index in [1.165, 1.54) is 5.56 Å². The number of hydrogen-bond donors (Lipinski definition) is 1. The van der Waals surface area contributed by atoms with Gasteiger partial charge in [0.2, 0.25) is 0 Å². The van der Waals surface area contributed by atoms with Crippen molar-refractivity contribution >= 4 is 9.84 Å². The lowest BCUT2D eigenvalue weighted by Crippen LogP contribution is -2.25. The van der Waals surface area contributed by atoms with E-state index >= 15 is 0 Å². The molecule has 0 bridgehead atoms. The Hall–Kier alpha value is -0.870. The normalized spacial score (nSPS) is 20.3. The van der Waals surface area contributed by atoms with Gasteiger partial charge in [0.05, 0.1) is 11.0 Å². The standard InChI is InChI=1S/C14H21NO2S/c1-10-6-11(2)14(12(3)7-10)9-18(16,17)13-4-5-15-8-13/h6-7,13,15H,4-5,8-9H2,1-3H3. The predicted octanol–water partition coefficient (Wildman–Crippen LogP) is 1.89. The summed E-state index contributed by atoms with van der Waals surface area (Å²) in [6.45, 7) is 7.46. The van der Waals surface area contributed by atoms with Gasteiger partial charge in [-0.05, 0) is 50.4 Å². The van der Waals surface area contributed by atoms with Gasteiger partial charge in [-0.25, -0.2) is 8.42 Å². The van der Waals surface area contributed by atoms with Crippen molar-refractivity contribution in [3.63, 3.8) is 0 Å². The third-order valence-corrected chi connectivity index (χ3v) is 5.82. The highest BCUT2D eigenvalue weighted by atomic mass is 32.2. The summed E-state index contributed by atoms with van der Waals surface area (Å²) in [5.41, 5.74) is 4.34. The van der Waals surface area contributed by atoms with E-state index in [1.807, 2.05) is 20.8 Å². The molecule has 0 spiro atoms. The lowest BCUT2D eigenvalue weighted by molar-refractivity contribution is 0.582. The fraction of sp³-hybridized carbons (Fsp3) is 0.571. The van der Waals surface area contributed by atoms with Gasteiger partial charge in [0, 0.05) is 6.54 Å². The highest BCUT2D eigenvalue weighted by molar-refractivity contribution is 7.91. The van der Waals surface area contributed by atoms with Crippen molar-refractivity contribution in [1.29, 1.82) is 0 Å². The van der Waals surface area contributed by atoms with Crippen LogP contribution in [0.5, 0.6) is 0 Å². The van der Waals surface area contributed by atoms with E-state index in [9.17, 15) is 8.42 Å². The molecule has 1 aromatic rings. The van der Waals surface area contributed by atoms with Gasteiger partial charge in [-0.15, -0.1) is 0 Å². The molecule has 0 radical (unpaired) electrons. The number of sulfone groups is 1. The Labute approximate surface area is 110 Å². The lowest BCUT2D eigenvalue weighted by Gasteiger charge is -2.15. The summed E-state index contributed by atoms with van der Waals surface area (Å²) in [6.07, 6.45) is 0.742. The van der Waals surface area contributed by atoms with Gasteiger partial charge in [-0.2, -0.15) is 0 Å². The first-order chi connectivity index (χ1) is 8.40. The number of rotatable bonds is 3. The van der Waals surface area contributed by atoms with Gasteiger partial charge in [0.1, 0.15) is 0 Å². The second kappa shape index (κ2) is 5.02. The molecule has 18 heavy (non-hydrogen) atoms. The van der Waals surface area contributed by atoms with E-state index in [0.29, 0.717) is 6.54 Å². The minimum absolute atomic E-state index is 0.178. The summed E-state index contributed by atoms with van der Waals surface area (Å²) in [4.78, 5) is 0. The summed E-state index contributed by atoms with van der Waals surface area (Å²) >= 11 is 0. The molecule has 1 aliphatic heterocycles. The predicted molar refractivity (Wildman–Crippen MR) is 74.6 cm³/mol. The van der Waals surface area contributed by atoms with Gasteiger partial charge < -0.3 is 5.32 Å². The van der Waals surface area contributed by atoms with Crippen LogP contribution in [0.1, 0.15) is 28.7 Å². The zero-order valence-electron chi connectivity index (χ0n) is 11.3. The average Bonchev–Trinajstić information content (AvgIpc) is 2.77. The molecule has 0 aliphatic carbocycles. The molecule has 0 aromatic heterocycles. The van der Waals surface area contributed by atoms with Crippen molar-refractivity contribution in [3.8, 4) is 0 Å². The maximum absolute atomic E-state index is 12.4. The number of hydrogen-bond acceptors (Lipinski definition) is 3. The van der Waals surface area contributed by atoms with Crippen LogP contribution in [0.2, 0.25) is 0 Å². The second-order valence-corrected chi connectivity index (χ2v) is 7.58. The largest absolute Gasteiger partial charge is 0.315 e. The summed E-state index contributed by atoms with van der Waals surface area (Å²) in [5, 5.41) is 2.91. The van der Waals surface area contributed by atoms with Crippen molar-refractivity contribution in [1.82, 2.24) is 5.32 Å². The Morgan fingerprint density at radius 1 is 1.22 bits per heavy atom. The first-order valence-electron chi connectivity index (χ1n) is 6.39. The van der Waals surface area contributed by atoms with Crippen LogP contribution in [0, 0.1) is 20.8 Å². The SMILES string of the molecule is Cc1cc(C)c(CS(=O)(=O)C2CCNC2)c(C)c1. The van der Waals surface area contributed by atoms with E-state index in [2.05, 4.69) is 17.4 Å². The highest BCUT2D eigenvalue weighted by Crippen LogP contribution is 2.22. The molecule has 0 saturated carbocycles. The van der Waals surface area contributed by atoms with Crippen LogP contribution in [0.15, 0.2) is 12.1 Å². The summed E-state index contributed by atoms with van der Waals surface area (Å²) in [6, 6.07) is 4.12. The third-order valence-electron chi connectivity index (χ3n) is 3.71. The van der Waals surface area contributed by atoms with E-state index in [4.69, 9.17) is 0 Å². The van der Waals surface area contributed by atoms with Gasteiger partial charge >= 0.3 is 0 Å². The van der Waals surface area contributed by atoms with Gasteiger partial charge in [0.25, 0.3) is 0 Å². The van der Waals surface area contributed by atoms with Crippen LogP contribution in [0.3, 0.4) is 0 Å². The molecular formula is C14H21NO2S. The summed E-state index contributed by atoms with van der Waals surface area (Å²) in [5.74, 6) is 0.178. The smallest absolute Gasteiger partial charge is 0.158 e. The van der Waals surface area contributed by atoms with Crippen LogP contribution in [-0.2, 0) is 15.6 Å². The average molecular weight is 267 g/mol. The van der Waals surface area contributed by atoms with E-state index < -0.39 is 9.84 Å². The second-order valence-electron chi connectivity index (χ2n) is 5.30. The Kier molecular flexibility index (Phi) is 3.78. The number of benzene rings is 1. The molecule has 1 fully saturated rings. The summed E-state index contributed by atoms with van der Waals surface area (Å²) in [7, 11) is -3.03.